The molecule has 0 N–H and O–H groups in total. The first-order valence-corrected chi connectivity index (χ1v) is 7.20. The van der Waals surface area contributed by atoms with Crippen LogP contribution in [0.25, 0.3) is 0 Å². The summed E-state index contributed by atoms with van der Waals surface area (Å²) in [6.07, 6.45) is 4.41. The molecule has 1 saturated carbocycles. The zero-order chi connectivity index (χ0) is 14.9. The van der Waals surface area contributed by atoms with Gasteiger partial charge in [-0.05, 0) is 49.9 Å². The third-order valence-corrected chi connectivity index (χ3v) is 4.38. The summed E-state index contributed by atoms with van der Waals surface area (Å²) in [6.45, 7) is 0. The second-order valence-electron chi connectivity index (χ2n) is 5.61. The number of nitrogens with zero attached hydrogens (tertiary/aromatic N) is 2. The molecule has 0 bridgehead atoms. The zero-order valence-electron chi connectivity index (χ0n) is 11.9. The summed E-state index contributed by atoms with van der Waals surface area (Å²) >= 11 is 0. The molecular weight excluding hydrogens is 272 g/mol. The molecule has 0 radical (unpaired) electrons. The minimum Gasteiger partial charge on any atom is -0.497 e. The normalized spacial score (nSPS) is 23.5. The van der Waals surface area contributed by atoms with E-state index in [1.165, 1.54) is 0 Å². The Kier molecular flexibility index (Phi) is 3.53. The maximum Gasteiger partial charge on any atom is 0.299 e. The maximum absolute atomic E-state index is 11.6. The molecule has 2 aliphatic rings. The summed E-state index contributed by atoms with van der Waals surface area (Å²) in [4.78, 5) is 16.9. The van der Waals surface area contributed by atoms with Crippen LogP contribution in [-0.2, 0) is 4.84 Å². The molecule has 1 aliphatic carbocycles. The van der Waals surface area contributed by atoms with Gasteiger partial charge in [-0.3, -0.25) is 10.1 Å². The minimum absolute atomic E-state index is 0.249. The average molecular weight is 290 g/mol. The van der Waals surface area contributed by atoms with Crippen molar-refractivity contribution in [1.82, 2.24) is 0 Å². The quantitative estimate of drug-likeness (QED) is 0.633. The van der Waals surface area contributed by atoms with Gasteiger partial charge in [0, 0.05) is 10.5 Å². The van der Waals surface area contributed by atoms with Gasteiger partial charge >= 0.3 is 0 Å². The SMILES string of the molecule is COc1ccc(C2=NOC3(CCCCC3)C2[N+](=O)[O-])cc1. The van der Waals surface area contributed by atoms with Gasteiger partial charge in [0.2, 0.25) is 5.60 Å². The van der Waals surface area contributed by atoms with Crippen LogP contribution in [0.4, 0.5) is 0 Å². The van der Waals surface area contributed by atoms with Gasteiger partial charge in [-0.1, -0.05) is 11.6 Å². The fraction of sp³-hybridized carbons (Fsp3) is 0.533. The molecule has 1 aromatic carbocycles. The lowest BCUT2D eigenvalue weighted by Gasteiger charge is -2.31. The van der Waals surface area contributed by atoms with E-state index < -0.39 is 11.6 Å². The van der Waals surface area contributed by atoms with Crippen LogP contribution in [0.2, 0.25) is 0 Å². The van der Waals surface area contributed by atoms with Crippen LogP contribution >= 0.6 is 0 Å². The summed E-state index contributed by atoms with van der Waals surface area (Å²) in [7, 11) is 1.59. The van der Waals surface area contributed by atoms with E-state index in [0.717, 1.165) is 24.8 Å². The highest BCUT2D eigenvalue weighted by molar-refractivity contribution is 6.05. The number of rotatable bonds is 3. The van der Waals surface area contributed by atoms with Crippen LogP contribution in [0.1, 0.15) is 37.7 Å². The van der Waals surface area contributed by atoms with Crippen molar-refractivity contribution in [2.24, 2.45) is 5.16 Å². The Morgan fingerprint density at radius 3 is 2.52 bits per heavy atom. The predicted octanol–water partition coefficient (Wildman–Crippen LogP) is 2.78. The first-order chi connectivity index (χ1) is 10.2. The van der Waals surface area contributed by atoms with Gasteiger partial charge in [0.05, 0.1) is 7.11 Å². The van der Waals surface area contributed by atoms with Crippen LogP contribution in [0.15, 0.2) is 29.4 Å². The maximum atomic E-state index is 11.6. The van der Waals surface area contributed by atoms with E-state index in [2.05, 4.69) is 5.16 Å². The summed E-state index contributed by atoms with van der Waals surface area (Å²) in [5, 5.41) is 15.7. The Hall–Kier alpha value is -2.11. The second kappa shape index (κ2) is 5.35. The predicted molar refractivity (Wildman–Crippen MR) is 77.2 cm³/mol. The lowest BCUT2D eigenvalue weighted by atomic mass is 9.77. The Balaban J connectivity index is 1.92. The Bertz CT molecular complexity index is 562. The van der Waals surface area contributed by atoms with Gasteiger partial charge in [-0.15, -0.1) is 0 Å². The minimum atomic E-state index is -0.883. The number of hydrogen-bond acceptors (Lipinski definition) is 5. The molecule has 1 heterocycles. The highest BCUT2D eigenvalue weighted by Crippen LogP contribution is 2.41. The summed E-state index contributed by atoms with van der Waals surface area (Å²) in [6, 6.07) is 6.26. The molecule has 6 heteroatoms. The van der Waals surface area contributed by atoms with E-state index in [9.17, 15) is 10.1 Å². The first kappa shape index (κ1) is 13.9. The molecular formula is C15H18N2O4. The van der Waals surface area contributed by atoms with Crippen molar-refractivity contribution in [2.75, 3.05) is 7.11 Å². The van der Waals surface area contributed by atoms with E-state index in [1.54, 1.807) is 31.4 Å². The molecule has 1 fully saturated rings. The van der Waals surface area contributed by atoms with Crippen molar-refractivity contribution in [3.05, 3.63) is 39.9 Å². The highest BCUT2D eigenvalue weighted by atomic mass is 16.7. The molecule has 1 atom stereocenters. The van der Waals surface area contributed by atoms with E-state index >= 15 is 0 Å². The average Bonchev–Trinajstić information content (AvgIpc) is 2.87. The third-order valence-electron chi connectivity index (χ3n) is 4.38. The number of ether oxygens (including phenoxy) is 1. The Morgan fingerprint density at radius 2 is 1.95 bits per heavy atom. The number of nitro groups is 1. The van der Waals surface area contributed by atoms with E-state index in [-0.39, 0.29) is 4.92 Å². The molecule has 3 rings (SSSR count). The molecule has 1 spiro atoms. The number of benzene rings is 1. The Labute approximate surface area is 122 Å². The smallest absolute Gasteiger partial charge is 0.299 e. The summed E-state index contributed by atoms with van der Waals surface area (Å²) < 4.78 is 5.11. The molecule has 0 aromatic heterocycles. The third kappa shape index (κ3) is 2.34. The number of hydrogen-bond donors (Lipinski definition) is 0. The van der Waals surface area contributed by atoms with Crippen LogP contribution in [0.3, 0.4) is 0 Å². The van der Waals surface area contributed by atoms with Crippen LogP contribution in [0, 0.1) is 10.1 Å². The van der Waals surface area contributed by atoms with Crippen LogP contribution in [-0.4, -0.2) is 29.4 Å². The van der Waals surface area contributed by atoms with Gasteiger partial charge < -0.3 is 9.57 Å². The summed E-state index contributed by atoms with van der Waals surface area (Å²) in [5.41, 5.74) is 0.390. The Morgan fingerprint density at radius 1 is 1.29 bits per heavy atom. The molecule has 1 unspecified atom stereocenters. The topological polar surface area (TPSA) is 74.0 Å². The monoisotopic (exact) mass is 290 g/mol. The van der Waals surface area contributed by atoms with Crippen molar-refractivity contribution < 1.29 is 14.5 Å². The number of oxime groups is 1. The standard InChI is InChI=1S/C15H18N2O4/c1-20-12-7-5-11(6-8-12)13-14(17(18)19)15(21-16-13)9-3-2-4-10-15/h5-8,14H,2-4,9-10H2,1H3. The molecule has 6 nitrogen and oxygen atoms in total. The van der Waals surface area contributed by atoms with Crippen LogP contribution in [0.5, 0.6) is 5.75 Å². The van der Waals surface area contributed by atoms with Gasteiger partial charge in [0.15, 0.2) is 5.71 Å². The molecule has 0 amide bonds. The fourth-order valence-electron chi connectivity index (χ4n) is 3.27. The van der Waals surface area contributed by atoms with Crippen molar-refractivity contribution in [3.63, 3.8) is 0 Å². The van der Waals surface area contributed by atoms with Crippen LogP contribution < -0.4 is 4.74 Å². The highest BCUT2D eigenvalue weighted by Gasteiger charge is 2.57. The van der Waals surface area contributed by atoms with Gasteiger partial charge in [0.1, 0.15) is 5.75 Å². The van der Waals surface area contributed by atoms with Gasteiger partial charge in [0.25, 0.3) is 6.04 Å². The van der Waals surface area contributed by atoms with E-state index in [1.807, 2.05) is 0 Å². The molecule has 1 aromatic rings. The zero-order valence-corrected chi connectivity index (χ0v) is 11.9. The van der Waals surface area contributed by atoms with Gasteiger partial charge in [-0.25, -0.2) is 0 Å². The van der Waals surface area contributed by atoms with Crippen molar-refractivity contribution in [2.45, 2.75) is 43.7 Å². The lowest BCUT2D eigenvalue weighted by molar-refractivity contribution is -0.523. The lowest BCUT2D eigenvalue weighted by Crippen LogP contribution is -2.49. The molecule has 0 saturated heterocycles. The summed E-state index contributed by atoms with van der Waals surface area (Å²) in [5.74, 6) is 0.711. The largest absolute Gasteiger partial charge is 0.497 e. The fourth-order valence-corrected chi connectivity index (χ4v) is 3.27. The van der Waals surface area contributed by atoms with Gasteiger partial charge in [-0.2, -0.15) is 0 Å². The first-order valence-electron chi connectivity index (χ1n) is 7.20. The number of methoxy groups -OCH3 is 1. The molecule has 112 valence electrons. The molecule has 1 aliphatic heterocycles. The van der Waals surface area contributed by atoms with Crippen molar-refractivity contribution in [3.8, 4) is 5.75 Å². The molecule has 21 heavy (non-hydrogen) atoms. The van der Waals surface area contributed by atoms with E-state index in [0.29, 0.717) is 24.3 Å². The van der Waals surface area contributed by atoms with Crippen molar-refractivity contribution in [1.29, 1.82) is 0 Å². The second-order valence-corrected chi connectivity index (χ2v) is 5.61. The van der Waals surface area contributed by atoms with Crippen molar-refractivity contribution >= 4 is 5.71 Å². The van der Waals surface area contributed by atoms with E-state index in [4.69, 9.17) is 9.57 Å².